The summed E-state index contributed by atoms with van der Waals surface area (Å²) in [5, 5.41) is 0. The molecular formula is C15H21N3O4S. The molecule has 1 aliphatic rings. The van der Waals surface area contributed by atoms with Gasteiger partial charge in [0, 0.05) is 25.4 Å². The number of likely N-dealkylation sites (tertiary alicyclic amines) is 1. The number of nitrogens with one attached hydrogen (secondary N) is 1. The van der Waals surface area contributed by atoms with E-state index in [1.165, 1.54) is 17.3 Å². The van der Waals surface area contributed by atoms with Crippen LogP contribution in [0.1, 0.15) is 37.7 Å². The molecule has 1 saturated heterocycles. The first-order valence-corrected chi connectivity index (χ1v) is 9.12. The van der Waals surface area contributed by atoms with Crippen LogP contribution < -0.4 is 4.72 Å². The van der Waals surface area contributed by atoms with Gasteiger partial charge in [0.05, 0.1) is 0 Å². The minimum absolute atomic E-state index is 0.0349. The first kappa shape index (κ1) is 17.4. The number of sulfonamides is 1. The number of amides is 2. The zero-order chi connectivity index (χ0) is 16.9. The van der Waals surface area contributed by atoms with E-state index in [-0.39, 0.29) is 17.3 Å². The third kappa shape index (κ3) is 4.75. The van der Waals surface area contributed by atoms with E-state index in [1.54, 1.807) is 13.0 Å². The van der Waals surface area contributed by atoms with Crippen LogP contribution in [0.3, 0.4) is 0 Å². The summed E-state index contributed by atoms with van der Waals surface area (Å²) in [5.74, 6) is -0.808. The maximum atomic E-state index is 12.2. The number of carbonyl (C=O) groups is 2. The summed E-state index contributed by atoms with van der Waals surface area (Å²) < 4.78 is 26.5. The van der Waals surface area contributed by atoms with Crippen molar-refractivity contribution in [2.24, 2.45) is 0 Å². The molecule has 1 aromatic rings. The zero-order valence-electron chi connectivity index (χ0n) is 13.1. The van der Waals surface area contributed by atoms with Gasteiger partial charge in [-0.25, -0.2) is 13.1 Å². The number of nitrogens with zero attached hydrogens (tertiary/aromatic N) is 2. The summed E-state index contributed by atoms with van der Waals surface area (Å²) in [4.78, 5) is 29.2. The van der Waals surface area contributed by atoms with Gasteiger partial charge in [0.15, 0.2) is 0 Å². The molecule has 1 aromatic heterocycles. The Morgan fingerprint density at radius 1 is 1.30 bits per heavy atom. The average Bonchev–Trinajstić information content (AvgIpc) is 2.47. The fourth-order valence-electron chi connectivity index (χ4n) is 2.52. The number of hydrogen-bond acceptors (Lipinski definition) is 5. The molecule has 2 heterocycles. The van der Waals surface area contributed by atoms with Crippen LogP contribution >= 0.6 is 0 Å². The first-order chi connectivity index (χ1) is 10.9. The van der Waals surface area contributed by atoms with E-state index in [4.69, 9.17) is 0 Å². The second kappa shape index (κ2) is 7.54. The molecule has 0 spiro atoms. The number of carbonyl (C=O) groups excluding carboxylic acids is 2. The number of aryl methyl sites for hydroxylation is 1. The van der Waals surface area contributed by atoms with Crippen molar-refractivity contribution in [1.29, 1.82) is 0 Å². The molecule has 0 unspecified atom stereocenters. The zero-order valence-corrected chi connectivity index (χ0v) is 13.9. The Balaban J connectivity index is 2.03. The number of rotatable bonds is 4. The second-order valence-electron chi connectivity index (χ2n) is 5.65. The lowest BCUT2D eigenvalue weighted by Gasteiger charge is -2.24. The molecule has 2 amide bonds. The van der Waals surface area contributed by atoms with Crippen molar-refractivity contribution < 1.29 is 18.0 Å². The molecule has 0 bridgehead atoms. The number of hydrogen-bond donors (Lipinski definition) is 1. The van der Waals surface area contributed by atoms with Gasteiger partial charge in [-0.05, 0) is 31.4 Å². The van der Waals surface area contributed by atoms with Crippen molar-refractivity contribution in [1.82, 2.24) is 14.6 Å². The molecule has 126 valence electrons. The van der Waals surface area contributed by atoms with E-state index in [0.717, 1.165) is 25.7 Å². The van der Waals surface area contributed by atoms with E-state index in [9.17, 15) is 18.0 Å². The van der Waals surface area contributed by atoms with Gasteiger partial charge in [-0.15, -0.1) is 0 Å². The fraction of sp³-hybridized carbons (Fsp3) is 0.533. The molecule has 8 heteroatoms. The first-order valence-electron chi connectivity index (χ1n) is 7.64. The van der Waals surface area contributed by atoms with Crippen LogP contribution in [-0.2, 0) is 19.6 Å². The SMILES string of the molecule is Cc1ccncc1S(=O)(=O)NC(=O)CN1CCCCCCC1=O. The van der Waals surface area contributed by atoms with Crippen molar-refractivity contribution in [2.45, 2.75) is 43.9 Å². The predicted molar refractivity (Wildman–Crippen MR) is 84.0 cm³/mol. The van der Waals surface area contributed by atoms with Gasteiger partial charge in [-0.1, -0.05) is 12.8 Å². The van der Waals surface area contributed by atoms with E-state index >= 15 is 0 Å². The molecule has 0 aromatic carbocycles. The number of pyridine rings is 1. The van der Waals surface area contributed by atoms with E-state index < -0.39 is 15.9 Å². The highest BCUT2D eigenvalue weighted by molar-refractivity contribution is 7.90. The van der Waals surface area contributed by atoms with Crippen molar-refractivity contribution in [2.75, 3.05) is 13.1 Å². The molecule has 0 aliphatic carbocycles. The van der Waals surface area contributed by atoms with Crippen LogP contribution in [0.25, 0.3) is 0 Å². The average molecular weight is 339 g/mol. The molecule has 7 nitrogen and oxygen atoms in total. The van der Waals surface area contributed by atoms with Crippen LogP contribution in [0.5, 0.6) is 0 Å². The minimum Gasteiger partial charge on any atom is -0.333 e. The van der Waals surface area contributed by atoms with E-state index in [2.05, 4.69) is 4.98 Å². The molecule has 0 radical (unpaired) electrons. The standard InChI is InChI=1S/C15H21N3O4S/c1-12-7-8-16-10-13(12)23(21,22)17-14(19)11-18-9-5-3-2-4-6-15(18)20/h7-8,10H,2-6,9,11H2,1H3,(H,17,19). The van der Waals surface area contributed by atoms with Gasteiger partial charge < -0.3 is 4.90 Å². The largest absolute Gasteiger partial charge is 0.333 e. The third-order valence-corrected chi connectivity index (χ3v) is 5.29. The predicted octanol–water partition coefficient (Wildman–Crippen LogP) is 0.988. The molecule has 1 aliphatic heterocycles. The summed E-state index contributed by atoms with van der Waals surface area (Å²) in [6, 6.07) is 1.56. The lowest BCUT2D eigenvalue weighted by atomic mass is 10.1. The lowest BCUT2D eigenvalue weighted by molar-refractivity contribution is -0.136. The van der Waals surface area contributed by atoms with Gasteiger partial charge in [-0.2, -0.15) is 0 Å². The maximum absolute atomic E-state index is 12.2. The third-order valence-electron chi connectivity index (χ3n) is 3.78. The van der Waals surface area contributed by atoms with Crippen LogP contribution in [0, 0.1) is 6.92 Å². The Kier molecular flexibility index (Phi) is 5.70. The highest BCUT2D eigenvalue weighted by Gasteiger charge is 2.23. The molecule has 23 heavy (non-hydrogen) atoms. The monoisotopic (exact) mass is 339 g/mol. The Morgan fingerprint density at radius 2 is 2.04 bits per heavy atom. The van der Waals surface area contributed by atoms with Crippen LogP contribution in [-0.4, -0.2) is 43.2 Å². The summed E-state index contributed by atoms with van der Waals surface area (Å²) in [5.41, 5.74) is 0.502. The summed E-state index contributed by atoms with van der Waals surface area (Å²) >= 11 is 0. The lowest BCUT2D eigenvalue weighted by Crippen LogP contribution is -2.43. The Bertz CT molecular complexity index is 688. The maximum Gasteiger partial charge on any atom is 0.265 e. The van der Waals surface area contributed by atoms with Crippen molar-refractivity contribution in [3.8, 4) is 0 Å². The highest BCUT2D eigenvalue weighted by atomic mass is 32.2. The molecule has 1 fully saturated rings. The van der Waals surface area contributed by atoms with Gasteiger partial charge in [0.1, 0.15) is 11.4 Å². The van der Waals surface area contributed by atoms with Crippen LogP contribution in [0.4, 0.5) is 0 Å². The van der Waals surface area contributed by atoms with Crippen LogP contribution in [0.15, 0.2) is 23.4 Å². The smallest absolute Gasteiger partial charge is 0.265 e. The number of aromatic nitrogens is 1. The van der Waals surface area contributed by atoms with Gasteiger partial charge in [0.25, 0.3) is 15.9 Å². The summed E-state index contributed by atoms with van der Waals surface area (Å²) in [7, 11) is -3.97. The fourth-order valence-corrected chi connectivity index (χ4v) is 3.69. The molecule has 2 rings (SSSR count). The molecule has 0 saturated carbocycles. The minimum atomic E-state index is -3.97. The molecule has 0 atom stereocenters. The van der Waals surface area contributed by atoms with E-state index in [0.29, 0.717) is 18.5 Å². The van der Waals surface area contributed by atoms with Gasteiger partial charge in [-0.3, -0.25) is 14.6 Å². The van der Waals surface area contributed by atoms with Crippen LogP contribution in [0.2, 0.25) is 0 Å². The second-order valence-corrected chi connectivity index (χ2v) is 7.30. The molecule has 1 N–H and O–H groups in total. The Labute approximate surface area is 136 Å². The van der Waals surface area contributed by atoms with Crippen molar-refractivity contribution >= 4 is 21.8 Å². The van der Waals surface area contributed by atoms with Crippen molar-refractivity contribution in [3.05, 3.63) is 24.0 Å². The summed E-state index contributed by atoms with van der Waals surface area (Å²) in [6.07, 6.45) is 6.75. The van der Waals surface area contributed by atoms with Gasteiger partial charge >= 0.3 is 0 Å². The molecular weight excluding hydrogens is 318 g/mol. The highest BCUT2D eigenvalue weighted by Crippen LogP contribution is 2.13. The van der Waals surface area contributed by atoms with E-state index in [1.807, 2.05) is 4.72 Å². The van der Waals surface area contributed by atoms with Crippen molar-refractivity contribution in [3.63, 3.8) is 0 Å². The topological polar surface area (TPSA) is 96.4 Å². The quantitative estimate of drug-likeness (QED) is 0.882. The Morgan fingerprint density at radius 3 is 2.78 bits per heavy atom. The normalized spacial score (nSPS) is 16.6. The summed E-state index contributed by atoms with van der Waals surface area (Å²) in [6.45, 7) is 1.87. The van der Waals surface area contributed by atoms with Gasteiger partial charge in [0.2, 0.25) is 5.91 Å². The Hall–Kier alpha value is -1.96.